The molecule has 2 rings (SSSR count). The zero-order chi connectivity index (χ0) is 14.4. The van der Waals surface area contributed by atoms with Gasteiger partial charge in [0.05, 0.1) is 12.1 Å². The van der Waals surface area contributed by atoms with Gasteiger partial charge >= 0.3 is 0 Å². The average Bonchev–Trinajstić information content (AvgIpc) is 2.95. The summed E-state index contributed by atoms with van der Waals surface area (Å²) in [6, 6.07) is 8.51. The Kier molecular flexibility index (Phi) is 5.56. The maximum Gasteiger partial charge on any atom is 0.124 e. The van der Waals surface area contributed by atoms with Crippen LogP contribution < -0.4 is 10.1 Å². The van der Waals surface area contributed by atoms with Crippen LogP contribution in [0.3, 0.4) is 0 Å². The van der Waals surface area contributed by atoms with Crippen LogP contribution in [0.15, 0.2) is 35.8 Å². The van der Waals surface area contributed by atoms with Crippen LogP contribution in [0.1, 0.15) is 43.8 Å². The minimum absolute atomic E-state index is 0.192. The Morgan fingerprint density at radius 3 is 2.75 bits per heavy atom. The fourth-order valence-electron chi connectivity index (χ4n) is 2.06. The highest BCUT2D eigenvalue weighted by atomic mass is 32.1. The molecule has 0 saturated heterocycles. The van der Waals surface area contributed by atoms with Crippen molar-refractivity contribution in [1.82, 2.24) is 10.3 Å². The quantitative estimate of drug-likeness (QED) is 0.831. The lowest BCUT2D eigenvalue weighted by Gasteiger charge is -2.18. The summed E-state index contributed by atoms with van der Waals surface area (Å²) < 4.78 is 5.85. The van der Waals surface area contributed by atoms with Gasteiger partial charge in [-0.2, -0.15) is 0 Å². The van der Waals surface area contributed by atoms with Crippen molar-refractivity contribution in [3.05, 3.63) is 46.4 Å². The third-order valence-electron chi connectivity index (χ3n) is 3.03. The number of para-hydroxylation sites is 1. The normalized spacial score (nSPS) is 12.6. The molecule has 0 spiro atoms. The van der Waals surface area contributed by atoms with Crippen molar-refractivity contribution < 1.29 is 4.74 Å². The van der Waals surface area contributed by atoms with Crippen molar-refractivity contribution in [3.8, 4) is 5.75 Å². The van der Waals surface area contributed by atoms with Gasteiger partial charge < -0.3 is 10.1 Å². The van der Waals surface area contributed by atoms with Crippen LogP contribution in [0.25, 0.3) is 0 Å². The van der Waals surface area contributed by atoms with Gasteiger partial charge in [0.2, 0.25) is 0 Å². The van der Waals surface area contributed by atoms with Crippen molar-refractivity contribution >= 4 is 11.3 Å². The van der Waals surface area contributed by atoms with E-state index in [0.717, 1.165) is 23.7 Å². The highest BCUT2D eigenvalue weighted by Crippen LogP contribution is 2.23. The molecule has 1 aromatic heterocycles. The number of nitrogens with zero attached hydrogens (tertiary/aromatic N) is 1. The molecule has 4 heteroatoms. The van der Waals surface area contributed by atoms with Crippen LogP contribution in [-0.2, 0) is 6.54 Å². The van der Waals surface area contributed by atoms with Crippen LogP contribution in [0.4, 0.5) is 0 Å². The van der Waals surface area contributed by atoms with Crippen molar-refractivity contribution in [2.75, 3.05) is 0 Å². The topological polar surface area (TPSA) is 34.1 Å². The van der Waals surface area contributed by atoms with E-state index >= 15 is 0 Å². The van der Waals surface area contributed by atoms with Crippen molar-refractivity contribution in [3.63, 3.8) is 0 Å². The average molecular weight is 290 g/mol. The summed E-state index contributed by atoms with van der Waals surface area (Å²) in [5, 5.41) is 6.74. The zero-order valence-electron chi connectivity index (χ0n) is 12.3. The van der Waals surface area contributed by atoms with E-state index in [1.165, 1.54) is 5.56 Å². The van der Waals surface area contributed by atoms with Gasteiger partial charge in [-0.05, 0) is 26.3 Å². The van der Waals surface area contributed by atoms with Gasteiger partial charge in [-0.15, -0.1) is 11.3 Å². The Bertz CT molecular complexity index is 511. The molecule has 1 aromatic carbocycles. The highest BCUT2D eigenvalue weighted by molar-refractivity contribution is 7.09. The van der Waals surface area contributed by atoms with Gasteiger partial charge in [-0.25, -0.2) is 4.98 Å². The van der Waals surface area contributed by atoms with Gasteiger partial charge in [0, 0.05) is 23.7 Å². The van der Waals surface area contributed by atoms with Crippen molar-refractivity contribution in [2.45, 2.75) is 45.9 Å². The second-order valence-corrected chi connectivity index (χ2v) is 5.91. The predicted octanol–water partition coefficient (Wildman–Crippen LogP) is 4.17. The standard InChI is InChI=1S/C16H22N2OS/c1-4-14(16-17-9-10-20-16)18-11-13-7-5-6-8-15(13)19-12(2)3/h5-10,12,14,18H,4,11H2,1-3H3. The Labute approximate surface area is 125 Å². The predicted molar refractivity (Wildman–Crippen MR) is 84.2 cm³/mol. The molecule has 0 aliphatic carbocycles. The summed E-state index contributed by atoms with van der Waals surface area (Å²) >= 11 is 1.70. The molecule has 1 N–H and O–H groups in total. The summed E-state index contributed by atoms with van der Waals surface area (Å²) in [6.07, 6.45) is 3.08. The van der Waals surface area contributed by atoms with E-state index in [-0.39, 0.29) is 6.10 Å². The number of ether oxygens (including phenoxy) is 1. The fraction of sp³-hybridized carbons (Fsp3) is 0.438. The van der Waals surface area contributed by atoms with Gasteiger partial charge in [-0.1, -0.05) is 25.1 Å². The smallest absolute Gasteiger partial charge is 0.124 e. The number of rotatable bonds is 7. The summed E-state index contributed by atoms with van der Waals surface area (Å²) in [5.41, 5.74) is 1.19. The van der Waals surface area contributed by atoms with Crippen LogP contribution in [0.5, 0.6) is 5.75 Å². The molecular weight excluding hydrogens is 268 g/mol. The first kappa shape index (κ1) is 15.0. The fourth-order valence-corrected chi connectivity index (χ4v) is 2.86. The van der Waals surface area contributed by atoms with Gasteiger partial charge in [0.1, 0.15) is 10.8 Å². The Morgan fingerprint density at radius 2 is 2.10 bits per heavy atom. The molecule has 0 bridgehead atoms. The van der Waals surface area contributed by atoms with E-state index in [4.69, 9.17) is 4.74 Å². The highest BCUT2D eigenvalue weighted by Gasteiger charge is 2.12. The number of hydrogen-bond donors (Lipinski definition) is 1. The second kappa shape index (κ2) is 7.41. The first-order chi connectivity index (χ1) is 9.70. The molecule has 108 valence electrons. The minimum Gasteiger partial charge on any atom is -0.491 e. The SMILES string of the molecule is CCC(NCc1ccccc1OC(C)C)c1nccs1. The molecule has 0 saturated carbocycles. The minimum atomic E-state index is 0.192. The Balaban J connectivity index is 2.03. The summed E-state index contributed by atoms with van der Waals surface area (Å²) in [5.74, 6) is 0.962. The molecule has 3 nitrogen and oxygen atoms in total. The summed E-state index contributed by atoms with van der Waals surface area (Å²) in [4.78, 5) is 4.40. The molecular formula is C16H22N2OS. The van der Waals surface area contributed by atoms with Gasteiger partial charge in [0.15, 0.2) is 0 Å². The lowest BCUT2D eigenvalue weighted by Crippen LogP contribution is -2.21. The molecule has 1 heterocycles. The van der Waals surface area contributed by atoms with E-state index in [0.29, 0.717) is 6.04 Å². The van der Waals surface area contributed by atoms with E-state index in [2.05, 4.69) is 43.2 Å². The molecule has 0 aliphatic rings. The van der Waals surface area contributed by atoms with E-state index < -0.39 is 0 Å². The van der Waals surface area contributed by atoms with Gasteiger partial charge in [0.25, 0.3) is 0 Å². The van der Waals surface area contributed by atoms with Crippen molar-refractivity contribution in [2.24, 2.45) is 0 Å². The van der Waals surface area contributed by atoms with Crippen molar-refractivity contribution in [1.29, 1.82) is 0 Å². The largest absolute Gasteiger partial charge is 0.491 e. The molecule has 1 atom stereocenters. The van der Waals surface area contributed by atoms with E-state index in [1.54, 1.807) is 11.3 Å². The maximum atomic E-state index is 5.85. The number of thiazole rings is 1. The van der Waals surface area contributed by atoms with Crippen LogP contribution >= 0.6 is 11.3 Å². The van der Waals surface area contributed by atoms with Crippen LogP contribution in [0, 0.1) is 0 Å². The van der Waals surface area contributed by atoms with E-state index in [9.17, 15) is 0 Å². The Morgan fingerprint density at radius 1 is 1.30 bits per heavy atom. The lowest BCUT2D eigenvalue weighted by molar-refractivity contribution is 0.239. The summed E-state index contributed by atoms with van der Waals surface area (Å²) in [7, 11) is 0. The van der Waals surface area contributed by atoms with E-state index in [1.807, 2.05) is 23.7 Å². The first-order valence-electron chi connectivity index (χ1n) is 7.08. The maximum absolute atomic E-state index is 5.85. The lowest BCUT2D eigenvalue weighted by atomic mass is 10.1. The first-order valence-corrected chi connectivity index (χ1v) is 7.96. The van der Waals surface area contributed by atoms with Crippen LogP contribution in [-0.4, -0.2) is 11.1 Å². The molecule has 0 fully saturated rings. The molecule has 20 heavy (non-hydrogen) atoms. The van der Waals surface area contributed by atoms with Gasteiger partial charge in [-0.3, -0.25) is 0 Å². The number of benzene rings is 1. The number of aromatic nitrogens is 1. The third-order valence-corrected chi connectivity index (χ3v) is 3.92. The van der Waals surface area contributed by atoms with Crippen LogP contribution in [0.2, 0.25) is 0 Å². The molecule has 0 radical (unpaired) electrons. The molecule has 2 aromatic rings. The number of nitrogens with one attached hydrogen (secondary N) is 1. The monoisotopic (exact) mass is 290 g/mol. The molecule has 0 amide bonds. The molecule has 0 aliphatic heterocycles. The Hall–Kier alpha value is -1.39. The molecule has 1 unspecified atom stereocenters. The number of hydrogen-bond acceptors (Lipinski definition) is 4. The third kappa shape index (κ3) is 4.05. The second-order valence-electron chi connectivity index (χ2n) is 4.99. The zero-order valence-corrected chi connectivity index (χ0v) is 13.1. The summed E-state index contributed by atoms with van der Waals surface area (Å²) in [6.45, 7) is 7.07.